The number of ether oxygens (including phenoxy) is 3. The molecule has 1 aliphatic rings. The second kappa shape index (κ2) is 3.48. The van der Waals surface area contributed by atoms with Crippen LogP contribution in [0.4, 0.5) is 0 Å². The molecule has 9 heavy (non-hydrogen) atoms. The van der Waals surface area contributed by atoms with Crippen LogP contribution in [0.3, 0.4) is 0 Å². The molecule has 3 heteroatoms. The van der Waals surface area contributed by atoms with Crippen LogP contribution in [0.25, 0.3) is 0 Å². The quantitative estimate of drug-likeness (QED) is 0.510. The minimum Gasteiger partial charge on any atom is -0.505 e. The largest absolute Gasteiger partial charge is 0.505 e. The minimum absolute atomic E-state index is 0.190. The molecule has 0 bridgehead atoms. The second-order valence-electron chi connectivity index (χ2n) is 1.67. The van der Waals surface area contributed by atoms with Crippen LogP contribution in [0, 0.1) is 0 Å². The van der Waals surface area contributed by atoms with Gasteiger partial charge in [-0.3, -0.25) is 0 Å². The predicted octanol–water partition coefficient (Wildman–Crippen LogP) is 0.519. The average molecular weight is 130 g/mol. The first-order chi connectivity index (χ1) is 4.43. The highest BCUT2D eigenvalue weighted by atomic mass is 16.7. The van der Waals surface area contributed by atoms with Crippen LogP contribution in [0.5, 0.6) is 0 Å². The summed E-state index contributed by atoms with van der Waals surface area (Å²) in [4.78, 5) is 0. The van der Waals surface area contributed by atoms with Gasteiger partial charge in [0.2, 0.25) is 0 Å². The minimum atomic E-state index is -0.190. The highest BCUT2D eigenvalue weighted by Crippen LogP contribution is 2.03. The van der Waals surface area contributed by atoms with E-state index in [1.807, 2.05) is 0 Å². The molecule has 1 rings (SSSR count). The van der Waals surface area contributed by atoms with E-state index >= 15 is 0 Å². The van der Waals surface area contributed by atoms with Crippen molar-refractivity contribution in [2.75, 3.05) is 20.3 Å². The Kier molecular flexibility index (Phi) is 2.54. The summed E-state index contributed by atoms with van der Waals surface area (Å²) in [6.07, 6.45) is 3.09. The molecule has 0 saturated carbocycles. The first kappa shape index (κ1) is 6.58. The van der Waals surface area contributed by atoms with Crippen LogP contribution in [0.15, 0.2) is 12.3 Å². The molecule has 0 aromatic carbocycles. The van der Waals surface area contributed by atoms with Crippen LogP contribution in [-0.4, -0.2) is 26.6 Å². The maximum atomic E-state index is 5.07. The first-order valence-corrected chi connectivity index (χ1v) is 2.86. The summed E-state index contributed by atoms with van der Waals surface area (Å²) in [5, 5.41) is 0. The van der Waals surface area contributed by atoms with Gasteiger partial charge >= 0.3 is 0 Å². The first-order valence-electron chi connectivity index (χ1n) is 2.86. The molecule has 0 radical (unpaired) electrons. The maximum Gasteiger partial charge on any atom is 0.180 e. The zero-order valence-corrected chi connectivity index (χ0v) is 5.37. The molecule has 0 amide bonds. The van der Waals surface area contributed by atoms with Gasteiger partial charge in [-0.1, -0.05) is 0 Å². The standard InChI is InChI=1S/C6H10O3/c1-7-3-2-6-8-4-5-9-6/h2-3,6H,4-5H2,1H3. The molecule has 1 fully saturated rings. The fraction of sp³-hybridized carbons (Fsp3) is 0.667. The van der Waals surface area contributed by atoms with Gasteiger partial charge in [-0.15, -0.1) is 0 Å². The van der Waals surface area contributed by atoms with Crippen LogP contribution in [0.1, 0.15) is 0 Å². The Labute approximate surface area is 54.2 Å². The summed E-state index contributed by atoms with van der Waals surface area (Å²) in [6, 6.07) is 0. The monoisotopic (exact) mass is 130 g/mol. The molecule has 0 N–H and O–H groups in total. The van der Waals surface area contributed by atoms with E-state index in [9.17, 15) is 0 Å². The number of hydrogen-bond donors (Lipinski definition) is 0. The van der Waals surface area contributed by atoms with Crippen molar-refractivity contribution in [1.29, 1.82) is 0 Å². The summed E-state index contributed by atoms with van der Waals surface area (Å²) < 4.78 is 14.8. The van der Waals surface area contributed by atoms with Crippen molar-refractivity contribution >= 4 is 0 Å². The van der Waals surface area contributed by atoms with Crippen molar-refractivity contribution in [3.05, 3.63) is 12.3 Å². The zero-order chi connectivity index (χ0) is 6.53. The Morgan fingerprint density at radius 2 is 2.11 bits per heavy atom. The average Bonchev–Trinajstić information content (AvgIpc) is 2.34. The number of methoxy groups -OCH3 is 1. The van der Waals surface area contributed by atoms with Gasteiger partial charge in [0.05, 0.1) is 26.6 Å². The predicted molar refractivity (Wildman–Crippen MR) is 31.8 cm³/mol. The van der Waals surface area contributed by atoms with E-state index in [-0.39, 0.29) is 6.29 Å². The van der Waals surface area contributed by atoms with Gasteiger partial charge in [0.15, 0.2) is 6.29 Å². The van der Waals surface area contributed by atoms with E-state index in [0.717, 1.165) is 0 Å². The van der Waals surface area contributed by atoms with E-state index < -0.39 is 0 Å². The third-order valence-electron chi connectivity index (χ3n) is 1.02. The molecule has 1 saturated heterocycles. The molecule has 1 aliphatic heterocycles. The lowest BCUT2D eigenvalue weighted by Crippen LogP contribution is -2.01. The Morgan fingerprint density at radius 3 is 2.67 bits per heavy atom. The fourth-order valence-corrected chi connectivity index (χ4v) is 0.630. The number of hydrogen-bond acceptors (Lipinski definition) is 3. The third kappa shape index (κ3) is 2.03. The van der Waals surface area contributed by atoms with Crippen LogP contribution in [0.2, 0.25) is 0 Å². The molecule has 52 valence electrons. The smallest absolute Gasteiger partial charge is 0.180 e. The molecule has 0 unspecified atom stereocenters. The normalized spacial score (nSPS) is 21.4. The van der Waals surface area contributed by atoms with Gasteiger partial charge in [0.25, 0.3) is 0 Å². The van der Waals surface area contributed by atoms with E-state index in [4.69, 9.17) is 9.47 Å². The molecular formula is C6H10O3. The van der Waals surface area contributed by atoms with Crippen LogP contribution in [-0.2, 0) is 14.2 Å². The van der Waals surface area contributed by atoms with Crippen molar-refractivity contribution in [2.45, 2.75) is 6.29 Å². The topological polar surface area (TPSA) is 27.7 Å². The van der Waals surface area contributed by atoms with Crippen molar-refractivity contribution in [2.24, 2.45) is 0 Å². The summed E-state index contributed by atoms with van der Waals surface area (Å²) in [5.41, 5.74) is 0. The molecular weight excluding hydrogens is 120 g/mol. The molecule has 0 aromatic heterocycles. The lowest BCUT2D eigenvalue weighted by atomic mass is 10.6. The highest BCUT2D eigenvalue weighted by molar-refractivity contribution is 4.79. The molecule has 0 aliphatic carbocycles. The van der Waals surface area contributed by atoms with Crippen LogP contribution < -0.4 is 0 Å². The van der Waals surface area contributed by atoms with E-state index in [2.05, 4.69) is 4.74 Å². The van der Waals surface area contributed by atoms with Crippen molar-refractivity contribution in [3.8, 4) is 0 Å². The molecule has 3 nitrogen and oxygen atoms in total. The fourth-order valence-electron chi connectivity index (χ4n) is 0.630. The summed E-state index contributed by atoms with van der Waals surface area (Å²) in [5.74, 6) is 0. The van der Waals surface area contributed by atoms with Crippen molar-refractivity contribution < 1.29 is 14.2 Å². The van der Waals surface area contributed by atoms with Gasteiger partial charge in [-0.25, -0.2) is 0 Å². The van der Waals surface area contributed by atoms with Gasteiger partial charge in [0, 0.05) is 6.08 Å². The summed E-state index contributed by atoms with van der Waals surface area (Å²) in [7, 11) is 1.59. The SMILES string of the molecule is COC=CC1OCCO1. The van der Waals surface area contributed by atoms with Gasteiger partial charge in [-0.2, -0.15) is 0 Å². The Hall–Kier alpha value is -0.540. The number of rotatable bonds is 2. The highest BCUT2D eigenvalue weighted by Gasteiger charge is 2.10. The van der Waals surface area contributed by atoms with Crippen molar-refractivity contribution in [1.82, 2.24) is 0 Å². The Bertz CT molecular complexity index is 94.5. The Balaban J connectivity index is 2.18. The molecule has 0 aromatic rings. The lowest BCUT2D eigenvalue weighted by molar-refractivity contribution is -0.00316. The van der Waals surface area contributed by atoms with E-state index in [1.165, 1.54) is 0 Å². The third-order valence-corrected chi connectivity index (χ3v) is 1.02. The molecule has 1 heterocycles. The second-order valence-corrected chi connectivity index (χ2v) is 1.67. The van der Waals surface area contributed by atoms with Crippen molar-refractivity contribution in [3.63, 3.8) is 0 Å². The summed E-state index contributed by atoms with van der Waals surface area (Å²) in [6.45, 7) is 1.36. The zero-order valence-electron chi connectivity index (χ0n) is 5.37. The van der Waals surface area contributed by atoms with Gasteiger partial charge in [-0.05, 0) is 0 Å². The van der Waals surface area contributed by atoms with Gasteiger partial charge < -0.3 is 14.2 Å². The molecule has 0 atom stereocenters. The molecule has 0 spiro atoms. The lowest BCUT2D eigenvalue weighted by Gasteiger charge is -1.99. The van der Waals surface area contributed by atoms with E-state index in [1.54, 1.807) is 19.4 Å². The van der Waals surface area contributed by atoms with Crippen LogP contribution >= 0.6 is 0 Å². The van der Waals surface area contributed by atoms with E-state index in [0.29, 0.717) is 13.2 Å². The van der Waals surface area contributed by atoms with Gasteiger partial charge in [0.1, 0.15) is 0 Å². The maximum absolute atomic E-state index is 5.07. The summed E-state index contributed by atoms with van der Waals surface area (Å²) >= 11 is 0. The Morgan fingerprint density at radius 1 is 1.44 bits per heavy atom.